The fourth-order valence-corrected chi connectivity index (χ4v) is 3.15. The maximum atomic E-state index is 12.0. The molecule has 0 unspecified atom stereocenters. The van der Waals surface area contributed by atoms with Crippen molar-refractivity contribution >= 4 is 5.97 Å². The van der Waals surface area contributed by atoms with Crippen LogP contribution < -0.4 is 4.74 Å². The van der Waals surface area contributed by atoms with Crippen molar-refractivity contribution in [3.63, 3.8) is 0 Å². The molecule has 0 saturated heterocycles. The summed E-state index contributed by atoms with van der Waals surface area (Å²) in [5, 5.41) is 0. The van der Waals surface area contributed by atoms with Crippen molar-refractivity contribution in [1.29, 1.82) is 0 Å². The van der Waals surface area contributed by atoms with E-state index in [1.165, 1.54) is 37.7 Å². The summed E-state index contributed by atoms with van der Waals surface area (Å²) in [7, 11) is 0. The first-order valence-electron chi connectivity index (χ1n) is 8.17. The summed E-state index contributed by atoms with van der Waals surface area (Å²) in [5.41, 5.74) is 2.30. The second kappa shape index (κ2) is 7.26. The Bertz CT molecular complexity index is 595. The molecule has 22 heavy (non-hydrogen) atoms. The summed E-state index contributed by atoms with van der Waals surface area (Å²) < 4.78 is 5.47. The van der Waals surface area contributed by atoms with E-state index in [2.05, 4.69) is 12.1 Å². The van der Waals surface area contributed by atoms with Gasteiger partial charge in [0.05, 0.1) is 0 Å². The summed E-state index contributed by atoms with van der Waals surface area (Å²) in [6.45, 7) is 0. The zero-order valence-electron chi connectivity index (χ0n) is 12.8. The number of hydrogen-bond donors (Lipinski definition) is 0. The molecule has 2 heteroatoms. The number of benzene rings is 2. The van der Waals surface area contributed by atoms with Gasteiger partial charge in [-0.25, -0.2) is 0 Å². The van der Waals surface area contributed by atoms with Crippen molar-refractivity contribution < 1.29 is 9.53 Å². The lowest BCUT2D eigenvalue weighted by atomic mass is 9.87. The Morgan fingerprint density at radius 2 is 1.50 bits per heavy atom. The minimum absolute atomic E-state index is 0.0978. The fourth-order valence-electron chi connectivity index (χ4n) is 3.15. The Kier molecular flexibility index (Phi) is 4.89. The third-order valence-electron chi connectivity index (χ3n) is 4.37. The largest absolute Gasteiger partial charge is 0.427 e. The van der Waals surface area contributed by atoms with Crippen LogP contribution in [0.2, 0.25) is 0 Å². The second-order valence-corrected chi connectivity index (χ2v) is 6.07. The van der Waals surface area contributed by atoms with E-state index >= 15 is 0 Å². The zero-order chi connectivity index (χ0) is 15.2. The molecular formula is C20H22O2. The molecule has 0 heterocycles. The monoisotopic (exact) mass is 294 g/mol. The van der Waals surface area contributed by atoms with Gasteiger partial charge in [-0.05, 0) is 42.0 Å². The van der Waals surface area contributed by atoms with Gasteiger partial charge >= 0.3 is 5.97 Å². The van der Waals surface area contributed by atoms with Crippen LogP contribution in [-0.2, 0) is 4.79 Å². The van der Waals surface area contributed by atoms with Crippen molar-refractivity contribution in [3.8, 4) is 16.9 Å². The summed E-state index contributed by atoms with van der Waals surface area (Å²) in [4.78, 5) is 12.0. The lowest BCUT2D eigenvalue weighted by Gasteiger charge is -2.20. The van der Waals surface area contributed by atoms with Crippen LogP contribution in [0.25, 0.3) is 11.1 Å². The van der Waals surface area contributed by atoms with Gasteiger partial charge in [0, 0.05) is 6.42 Å². The number of esters is 1. The Labute approximate surface area is 132 Å². The van der Waals surface area contributed by atoms with Gasteiger partial charge in [-0.15, -0.1) is 0 Å². The number of carbonyl (C=O) groups excluding carboxylic acids is 1. The summed E-state index contributed by atoms with van der Waals surface area (Å²) in [6, 6.07) is 17.9. The number of ether oxygens (including phenoxy) is 1. The maximum Gasteiger partial charge on any atom is 0.311 e. The van der Waals surface area contributed by atoms with Gasteiger partial charge in [-0.1, -0.05) is 61.7 Å². The van der Waals surface area contributed by atoms with Gasteiger partial charge in [0.15, 0.2) is 0 Å². The first-order valence-corrected chi connectivity index (χ1v) is 8.17. The topological polar surface area (TPSA) is 26.3 Å². The third kappa shape index (κ3) is 3.97. The smallest absolute Gasteiger partial charge is 0.311 e. The van der Waals surface area contributed by atoms with Gasteiger partial charge in [0.25, 0.3) is 0 Å². The van der Waals surface area contributed by atoms with E-state index in [4.69, 9.17) is 4.74 Å². The fraction of sp³-hybridized carbons (Fsp3) is 0.350. The van der Waals surface area contributed by atoms with Crippen molar-refractivity contribution in [2.45, 2.75) is 38.5 Å². The number of carbonyl (C=O) groups is 1. The Morgan fingerprint density at radius 1 is 0.864 bits per heavy atom. The van der Waals surface area contributed by atoms with E-state index in [1.807, 2.05) is 42.5 Å². The Hall–Kier alpha value is -2.09. The zero-order valence-corrected chi connectivity index (χ0v) is 12.8. The Morgan fingerprint density at radius 3 is 2.18 bits per heavy atom. The van der Waals surface area contributed by atoms with E-state index < -0.39 is 0 Å². The van der Waals surface area contributed by atoms with Gasteiger partial charge in [-0.2, -0.15) is 0 Å². The molecule has 0 amide bonds. The highest BCUT2D eigenvalue weighted by molar-refractivity contribution is 5.73. The molecule has 3 rings (SSSR count). The first-order chi connectivity index (χ1) is 10.8. The van der Waals surface area contributed by atoms with E-state index in [0.717, 1.165) is 5.56 Å². The molecule has 0 atom stereocenters. The average molecular weight is 294 g/mol. The van der Waals surface area contributed by atoms with Crippen molar-refractivity contribution in [1.82, 2.24) is 0 Å². The predicted octanol–water partition coefficient (Wildman–Crippen LogP) is 5.23. The van der Waals surface area contributed by atoms with E-state index in [1.54, 1.807) is 0 Å². The Balaban J connectivity index is 1.57. The van der Waals surface area contributed by atoms with Gasteiger partial charge in [-0.3, -0.25) is 4.79 Å². The van der Waals surface area contributed by atoms with Crippen LogP contribution in [-0.4, -0.2) is 5.97 Å². The summed E-state index contributed by atoms with van der Waals surface area (Å²) in [6.07, 6.45) is 6.71. The lowest BCUT2D eigenvalue weighted by Crippen LogP contribution is -2.16. The van der Waals surface area contributed by atoms with E-state index in [-0.39, 0.29) is 5.97 Å². The quantitative estimate of drug-likeness (QED) is 0.570. The highest BCUT2D eigenvalue weighted by atomic mass is 16.5. The van der Waals surface area contributed by atoms with Crippen molar-refractivity contribution in [3.05, 3.63) is 54.6 Å². The molecule has 2 aromatic rings. The first kappa shape index (κ1) is 14.8. The molecule has 0 spiro atoms. The highest BCUT2D eigenvalue weighted by Crippen LogP contribution is 2.27. The molecule has 0 aliphatic heterocycles. The van der Waals surface area contributed by atoms with Gasteiger partial charge in [0.1, 0.15) is 5.75 Å². The van der Waals surface area contributed by atoms with Crippen LogP contribution >= 0.6 is 0 Å². The molecule has 1 saturated carbocycles. The molecule has 0 N–H and O–H groups in total. The SMILES string of the molecule is O=C(CC1CCCCC1)Oc1ccc(-c2ccccc2)cc1. The highest BCUT2D eigenvalue weighted by Gasteiger charge is 2.18. The predicted molar refractivity (Wildman–Crippen MR) is 88.7 cm³/mol. The van der Waals surface area contributed by atoms with Crippen LogP contribution in [0.4, 0.5) is 0 Å². The summed E-state index contributed by atoms with van der Waals surface area (Å²) in [5.74, 6) is 1.06. The molecule has 2 aromatic carbocycles. The molecule has 0 aromatic heterocycles. The molecule has 114 valence electrons. The normalized spacial score (nSPS) is 15.5. The van der Waals surface area contributed by atoms with Crippen LogP contribution in [0.15, 0.2) is 54.6 Å². The summed E-state index contributed by atoms with van der Waals surface area (Å²) >= 11 is 0. The molecule has 2 nitrogen and oxygen atoms in total. The lowest BCUT2D eigenvalue weighted by molar-refractivity contribution is -0.135. The number of hydrogen-bond acceptors (Lipinski definition) is 2. The van der Waals surface area contributed by atoms with Crippen LogP contribution in [0.5, 0.6) is 5.75 Å². The van der Waals surface area contributed by atoms with E-state index in [0.29, 0.717) is 18.1 Å². The minimum atomic E-state index is -0.0978. The van der Waals surface area contributed by atoms with Crippen molar-refractivity contribution in [2.75, 3.05) is 0 Å². The van der Waals surface area contributed by atoms with Crippen molar-refractivity contribution in [2.24, 2.45) is 5.92 Å². The second-order valence-electron chi connectivity index (χ2n) is 6.07. The van der Waals surface area contributed by atoms with Crippen LogP contribution in [0, 0.1) is 5.92 Å². The van der Waals surface area contributed by atoms with Gasteiger partial charge in [0.2, 0.25) is 0 Å². The third-order valence-corrected chi connectivity index (χ3v) is 4.37. The molecule has 1 aliphatic carbocycles. The maximum absolute atomic E-state index is 12.0. The molecule has 0 bridgehead atoms. The van der Waals surface area contributed by atoms with Crippen LogP contribution in [0.1, 0.15) is 38.5 Å². The van der Waals surface area contributed by atoms with E-state index in [9.17, 15) is 4.79 Å². The average Bonchev–Trinajstić information content (AvgIpc) is 2.57. The molecular weight excluding hydrogens is 272 g/mol. The molecule has 1 fully saturated rings. The number of rotatable bonds is 4. The van der Waals surface area contributed by atoms with Gasteiger partial charge < -0.3 is 4.74 Å². The minimum Gasteiger partial charge on any atom is -0.427 e. The van der Waals surface area contributed by atoms with Crippen LogP contribution in [0.3, 0.4) is 0 Å². The molecule has 1 aliphatic rings. The standard InChI is InChI=1S/C20H22O2/c21-20(15-16-7-3-1-4-8-16)22-19-13-11-18(12-14-19)17-9-5-2-6-10-17/h2,5-6,9-14,16H,1,3-4,7-8,15H2. The molecule has 0 radical (unpaired) electrons.